The Labute approximate surface area is 367 Å². The Morgan fingerprint density at radius 1 is 0.365 bits per heavy atom. The van der Waals surface area contributed by atoms with Crippen molar-refractivity contribution in [3.8, 4) is 51.0 Å². The van der Waals surface area contributed by atoms with Gasteiger partial charge in [0.2, 0.25) is 0 Å². The molecule has 9 aromatic carbocycles. The number of aromatic nitrogens is 4. The van der Waals surface area contributed by atoms with Crippen LogP contribution in [0, 0.1) is 0 Å². The van der Waals surface area contributed by atoms with E-state index in [1.54, 1.807) is 0 Å². The fourth-order valence-electron chi connectivity index (χ4n) is 10.2. The van der Waals surface area contributed by atoms with E-state index in [-0.39, 0.29) is 10.8 Å². The SMILES string of the molecule is CC1(C)CCC(C)(C)c2cc3c(cc21)c1ccccc1n3-c1ccc2cc(-c3nc(-c4ccc5cc(-c6ccccc6)ccc5c4)nc(-c4cccc5ccccc45)n3)ccc2c1. The van der Waals surface area contributed by atoms with E-state index in [0.29, 0.717) is 17.5 Å². The summed E-state index contributed by atoms with van der Waals surface area (Å²) in [6.45, 7) is 9.65. The largest absolute Gasteiger partial charge is 0.309 e. The topological polar surface area (TPSA) is 43.6 Å². The molecule has 0 radical (unpaired) electrons. The second kappa shape index (κ2) is 14.1. The smallest absolute Gasteiger partial charge is 0.164 e. The molecule has 0 spiro atoms. The molecule has 0 atom stereocenters. The molecule has 0 bridgehead atoms. The van der Waals surface area contributed by atoms with Gasteiger partial charge in [0, 0.05) is 33.2 Å². The number of hydrogen-bond acceptors (Lipinski definition) is 3. The summed E-state index contributed by atoms with van der Waals surface area (Å²) in [5.74, 6) is 1.94. The van der Waals surface area contributed by atoms with Gasteiger partial charge in [-0.25, -0.2) is 15.0 Å². The molecule has 302 valence electrons. The van der Waals surface area contributed by atoms with Crippen molar-refractivity contribution in [2.75, 3.05) is 0 Å². The lowest BCUT2D eigenvalue weighted by Gasteiger charge is -2.42. The van der Waals surface area contributed by atoms with Crippen molar-refractivity contribution < 1.29 is 0 Å². The zero-order valence-electron chi connectivity index (χ0n) is 36.0. The molecule has 2 aromatic heterocycles. The van der Waals surface area contributed by atoms with E-state index in [4.69, 9.17) is 15.0 Å². The first-order valence-corrected chi connectivity index (χ1v) is 22.1. The molecule has 0 aliphatic heterocycles. The zero-order chi connectivity index (χ0) is 42.5. The molecule has 0 fully saturated rings. The average Bonchev–Trinajstić information content (AvgIpc) is 3.65. The van der Waals surface area contributed by atoms with Crippen LogP contribution in [0.5, 0.6) is 0 Å². The Bertz CT molecular complexity index is 3630. The molecule has 4 nitrogen and oxygen atoms in total. The molecule has 0 saturated carbocycles. The van der Waals surface area contributed by atoms with E-state index in [9.17, 15) is 0 Å². The normalized spacial score (nSPS) is 14.5. The van der Waals surface area contributed by atoms with Crippen LogP contribution in [0.4, 0.5) is 0 Å². The van der Waals surface area contributed by atoms with E-state index in [0.717, 1.165) is 49.3 Å². The summed E-state index contributed by atoms with van der Waals surface area (Å²) in [6, 6.07) is 65.8. The van der Waals surface area contributed by atoms with E-state index in [2.05, 4.69) is 214 Å². The minimum absolute atomic E-state index is 0.114. The third kappa shape index (κ3) is 6.23. The van der Waals surface area contributed by atoms with Crippen molar-refractivity contribution >= 4 is 54.1 Å². The maximum atomic E-state index is 5.22. The quantitative estimate of drug-likeness (QED) is 0.174. The zero-order valence-corrected chi connectivity index (χ0v) is 36.0. The monoisotopic (exact) mass is 810 g/mol. The van der Waals surface area contributed by atoms with Crippen LogP contribution < -0.4 is 0 Å². The molecule has 1 aliphatic carbocycles. The van der Waals surface area contributed by atoms with Crippen LogP contribution in [0.3, 0.4) is 0 Å². The maximum Gasteiger partial charge on any atom is 0.164 e. The highest BCUT2D eigenvalue weighted by Gasteiger charge is 2.38. The summed E-state index contributed by atoms with van der Waals surface area (Å²) in [5.41, 5.74) is 12.1. The molecule has 12 rings (SSSR count). The van der Waals surface area contributed by atoms with Gasteiger partial charge in [0.15, 0.2) is 17.5 Å². The first-order chi connectivity index (χ1) is 30.7. The number of benzene rings is 9. The minimum atomic E-state index is 0.114. The molecule has 0 saturated heterocycles. The van der Waals surface area contributed by atoms with Gasteiger partial charge in [0.05, 0.1) is 11.0 Å². The second-order valence-corrected chi connectivity index (χ2v) is 18.8. The Kier molecular flexibility index (Phi) is 8.33. The fraction of sp³-hybridized carbons (Fsp3) is 0.136. The standard InChI is InChI=1S/C59H46N4/c1-58(2)29-30-59(3,4)52-36-54-50(35-51(52)58)48-18-10-11-20-53(48)63(54)46-28-27-42-33-45(26-24-43(42)34-46)56-60-55(61-57(62-56)49-19-12-16-38-15-8-9-17-47(38)49)44-25-23-40-31-39(21-22-41(40)32-44)37-13-6-5-7-14-37/h5-28,31-36H,29-30H2,1-4H3. The van der Waals surface area contributed by atoms with Gasteiger partial charge in [-0.2, -0.15) is 0 Å². The number of nitrogens with zero attached hydrogens (tertiary/aromatic N) is 4. The fourth-order valence-corrected chi connectivity index (χ4v) is 10.2. The third-order valence-corrected chi connectivity index (χ3v) is 13.9. The molecule has 63 heavy (non-hydrogen) atoms. The molecule has 0 amide bonds. The molecular formula is C59H46N4. The van der Waals surface area contributed by atoms with Gasteiger partial charge in [-0.1, -0.05) is 161 Å². The van der Waals surface area contributed by atoms with Crippen LogP contribution in [0.2, 0.25) is 0 Å². The summed E-state index contributed by atoms with van der Waals surface area (Å²) in [6.07, 6.45) is 2.38. The summed E-state index contributed by atoms with van der Waals surface area (Å²) in [7, 11) is 0. The van der Waals surface area contributed by atoms with E-state index in [1.165, 1.54) is 62.3 Å². The minimum Gasteiger partial charge on any atom is -0.309 e. The number of rotatable bonds is 5. The number of para-hydroxylation sites is 1. The lowest BCUT2D eigenvalue weighted by atomic mass is 9.63. The Morgan fingerprint density at radius 3 is 1.62 bits per heavy atom. The highest BCUT2D eigenvalue weighted by molar-refractivity contribution is 6.10. The molecule has 0 unspecified atom stereocenters. The highest BCUT2D eigenvalue weighted by atomic mass is 15.0. The molecule has 0 N–H and O–H groups in total. The highest BCUT2D eigenvalue weighted by Crippen LogP contribution is 2.48. The van der Waals surface area contributed by atoms with Gasteiger partial charge >= 0.3 is 0 Å². The van der Waals surface area contributed by atoms with Crippen molar-refractivity contribution in [3.05, 3.63) is 193 Å². The Balaban J connectivity index is 0.986. The van der Waals surface area contributed by atoms with Crippen molar-refractivity contribution in [1.29, 1.82) is 0 Å². The molecule has 1 aliphatic rings. The van der Waals surface area contributed by atoms with Gasteiger partial charge in [-0.3, -0.25) is 0 Å². The average molecular weight is 811 g/mol. The summed E-state index contributed by atoms with van der Waals surface area (Å²) >= 11 is 0. The van der Waals surface area contributed by atoms with Crippen LogP contribution in [-0.4, -0.2) is 19.5 Å². The number of fused-ring (bicyclic) bond motifs is 7. The van der Waals surface area contributed by atoms with Gasteiger partial charge in [0.25, 0.3) is 0 Å². The summed E-state index contributed by atoms with van der Waals surface area (Å²) < 4.78 is 2.47. The summed E-state index contributed by atoms with van der Waals surface area (Å²) in [5, 5.41) is 9.47. The predicted molar refractivity (Wildman–Crippen MR) is 264 cm³/mol. The molecular weight excluding hydrogens is 765 g/mol. The predicted octanol–water partition coefficient (Wildman–Crippen LogP) is 15.4. The van der Waals surface area contributed by atoms with Crippen LogP contribution in [-0.2, 0) is 10.8 Å². The lowest BCUT2D eigenvalue weighted by Crippen LogP contribution is -2.33. The van der Waals surface area contributed by atoms with Crippen molar-refractivity contribution in [2.24, 2.45) is 0 Å². The summed E-state index contributed by atoms with van der Waals surface area (Å²) in [4.78, 5) is 15.6. The van der Waals surface area contributed by atoms with E-state index >= 15 is 0 Å². The molecule has 4 heteroatoms. The van der Waals surface area contributed by atoms with Gasteiger partial charge in [0.1, 0.15) is 0 Å². The lowest BCUT2D eigenvalue weighted by molar-refractivity contribution is 0.332. The van der Waals surface area contributed by atoms with Crippen molar-refractivity contribution in [2.45, 2.75) is 51.4 Å². The van der Waals surface area contributed by atoms with Crippen LogP contribution in [0.25, 0.3) is 105 Å². The van der Waals surface area contributed by atoms with Crippen LogP contribution in [0.1, 0.15) is 51.7 Å². The number of hydrogen-bond donors (Lipinski definition) is 0. The van der Waals surface area contributed by atoms with Gasteiger partial charge in [-0.05, 0) is 127 Å². The molecule has 11 aromatic rings. The maximum absolute atomic E-state index is 5.22. The van der Waals surface area contributed by atoms with Crippen LogP contribution >= 0.6 is 0 Å². The van der Waals surface area contributed by atoms with E-state index < -0.39 is 0 Å². The van der Waals surface area contributed by atoms with Crippen LogP contribution in [0.15, 0.2) is 182 Å². The Morgan fingerprint density at radius 2 is 0.905 bits per heavy atom. The second-order valence-electron chi connectivity index (χ2n) is 18.8. The first kappa shape index (κ1) is 37.3. The third-order valence-electron chi connectivity index (χ3n) is 13.9. The van der Waals surface area contributed by atoms with Crippen molar-refractivity contribution in [3.63, 3.8) is 0 Å². The Hall–Kier alpha value is -7.43. The van der Waals surface area contributed by atoms with Crippen molar-refractivity contribution in [1.82, 2.24) is 19.5 Å². The van der Waals surface area contributed by atoms with Gasteiger partial charge < -0.3 is 4.57 Å². The molecule has 2 heterocycles. The van der Waals surface area contributed by atoms with Gasteiger partial charge in [-0.15, -0.1) is 0 Å². The first-order valence-electron chi connectivity index (χ1n) is 22.1. The van der Waals surface area contributed by atoms with E-state index in [1.807, 2.05) is 0 Å².